The Morgan fingerprint density at radius 3 is 2.22 bits per heavy atom. The molecule has 23 heavy (non-hydrogen) atoms. The fourth-order valence-electron chi connectivity index (χ4n) is 3.18. The van der Waals surface area contributed by atoms with Crippen LogP contribution in [-0.2, 0) is 11.8 Å². The molecule has 0 aliphatic rings. The smallest absolute Gasteiger partial charge is 0.00457 e. The zero-order valence-electron chi connectivity index (χ0n) is 15.7. The molecule has 0 aromatic heterocycles. The SMILES string of the molecule is CCCCCCCCc1ccc(C(C)(C)CCC[CH]CN)cc1. The van der Waals surface area contributed by atoms with Crippen molar-refractivity contribution in [3.8, 4) is 0 Å². The molecular weight excluding hydrogens is 278 g/mol. The normalized spacial score (nSPS) is 11.8. The van der Waals surface area contributed by atoms with Crippen LogP contribution in [-0.4, -0.2) is 6.54 Å². The van der Waals surface area contributed by atoms with Gasteiger partial charge < -0.3 is 5.73 Å². The number of benzene rings is 1. The molecule has 1 radical (unpaired) electrons. The standard InChI is InChI=1S/C22H38N/c1-4-5-6-7-8-10-13-20-14-16-21(17-15-20)22(2,3)18-11-9-12-19-23/h12,14-17H,4-11,13,18-19,23H2,1-3H3. The maximum Gasteiger partial charge on any atom is -0.00457 e. The maximum absolute atomic E-state index is 5.52. The highest BCUT2D eigenvalue weighted by molar-refractivity contribution is 5.28. The van der Waals surface area contributed by atoms with Crippen molar-refractivity contribution in [1.82, 2.24) is 0 Å². The van der Waals surface area contributed by atoms with Gasteiger partial charge in [-0.3, -0.25) is 0 Å². The Hall–Kier alpha value is -0.820. The van der Waals surface area contributed by atoms with Gasteiger partial charge in [0.25, 0.3) is 0 Å². The van der Waals surface area contributed by atoms with E-state index in [0.717, 1.165) is 6.42 Å². The third-order valence-electron chi connectivity index (χ3n) is 4.93. The molecule has 0 unspecified atom stereocenters. The van der Waals surface area contributed by atoms with Crippen molar-refractivity contribution >= 4 is 0 Å². The molecule has 0 saturated heterocycles. The second-order valence-corrected chi connectivity index (χ2v) is 7.52. The number of aryl methyl sites for hydroxylation is 1. The summed E-state index contributed by atoms with van der Waals surface area (Å²) < 4.78 is 0. The average molecular weight is 317 g/mol. The molecule has 0 aliphatic heterocycles. The molecule has 1 heteroatoms. The molecule has 0 aliphatic carbocycles. The predicted octanol–water partition coefficient (Wildman–Crippen LogP) is 6.20. The molecule has 1 nitrogen and oxygen atoms in total. The highest BCUT2D eigenvalue weighted by atomic mass is 14.5. The van der Waals surface area contributed by atoms with E-state index in [2.05, 4.69) is 51.5 Å². The van der Waals surface area contributed by atoms with E-state index in [0.29, 0.717) is 6.54 Å². The molecule has 0 spiro atoms. The molecule has 131 valence electrons. The van der Waals surface area contributed by atoms with Crippen molar-refractivity contribution in [3.63, 3.8) is 0 Å². The van der Waals surface area contributed by atoms with Crippen LogP contribution < -0.4 is 5.73 Å². The van der Waals surface area contributed by atoms with Crippen LogP contribution in [0.25, 0.3) is 0 Å². The minimum Gasteiger partial charge on any atom is -0.330 e. The lowest BCUT2D eigenvalue weighted by Gasteiger charge is -2.25. The predicted molar refractivity (Wildman–Crippen MR) is 104 cm³/mol. The Morgan fingerprint density at radius 2 is 1.57 bits per heavy atom. The first-order valence-corrected chi connectivity index (χ1v) is 9.71. The first kappa shape index (κ1) is 20.2. The van der Waals surface area contributed by atoms with Crippen molar-refractivity contribution in [2.45, 2.75) is 90.4 Å². The Kier molecular flexibility index (Phi) is 10.3. The molecule has 1 aromatic rings. The van der Waals surface area contributed by atoms with Crippen LogP contribution in [0.3, 0.4) is 0 Å². The van der Waals surface area contributed by atoms with Crippen LogP contribution in [0.15, 0.2) is 24.3 Å². The van der Waals surface area contributed by atoms with Crippen LogP contribution in [0.1, 0.15) is 89.7 Å². The van der Waals surface area contributed by atoms with Crippen LogP contribution in [0.4, 0.5) is 0 Å². The van der Waals surface area contributed by atoms with Gasteiger partial charge in [0.2, 0.25) is 0 Å². The molecule has 0 atom stereocenters. The lowest BCUT2D eigenvalue weighted by atomic mass is 9.79. The third-order valence-corrected chi connectivity index (χ3v) is 4.93. The van der Waals surface area contributed by atoms with E-state index < -0.39 is 0 Å². The molecule has 1 aromatic carbocycles. The van der Waals surface area contributed by atoms with Crippen molar-refractivity contribution in [3.05, 3.63) is 41.8 Å². The lowest BCUT2D eigenvalue weighted by molar-refractivity contribution is 0.459. The van der Waals surface area contributed by atoms with E-state index in [1.807, 2.05) is 0 Å². The summed E-state index contributed by atoms with van der Waals surface area (Å²) in [6, 6.07) is 9.38. The fourth-order valence-corrected chi connectivity index (χ4v) is 3.18. The Balaban J connectivity index is 2.33. The topological polar surface area (TPSA) is 26.0 Å². The fraction of sp³-hybridized carbons (Fsp3) is 0.682. The summed E-state index contributed by atoms with van der Waals surface area (Å²) >= 11 is 0. The van der Waals surface area contributed by atoms with Gasteiger partial charge in [-0.25, -0.2) is 0 Å². The van der Waals surface area contributed by atoms with Gasteiger partial charge in [0.1, 0.15) is 0 Å². The summed E-state index contributed by atoms with van der Waals surface area (Å²) in [5, 5.41) is 0. The number of unbranched alkanes of at least 4 members (excludes halogenated alkanes) is 7. The van der Waals surface area contributed by atoms with Crippen LogP contribution >= 0.6 is 0 Å². The zero-order chi connectivity index (χ0) is 17.0. The number of hydrogen-bond acceptors (Lipinski definition) is 1. The third kappa shape index (κ3) is 8.55. The van der Waals surface area contributed by atoms with E-state index in [-0.39, 0.29) is 5.41 Å². The summed E-state index contributed by atoms with van der Waals surface area (Å²) in [5.74, 6) is 0. The van der Waals surface area contributed by atoms with Crippen molar-refractivity contribution in [2.75, 3.05) is 6.54 Å². The quantitative estimate of drug-likeness (QED) is 0.431. The van der Waals surface area contributed by atoms with Gasteiger partial charge in [0, 0.05) is 0 Å². The van der Waals surface area contributed by atoms with E-state index in [9.17, 15) is 0 Å². The molecule has 0 bridgehead atoms. The van der Waals surface area contributed by atoms with Crippen molar-refractivity contribution in [2.24, 2.45) is 5.73 Å². The van der Waals surface area contributed by atoms with Gasteiger partial charge in [-0.05, 0) is 55.2 Å². The second-order valence-electron chi connectivity index (χ2n) is 7.52. The van der Waals surface area contributed by atoms with Gasteiger partial charge in [-0.1, -0.05) is 83.6 Å². The Labute approximate surface area is 145 Å². The van der Waals surface area contributed by atoms with E-state index in [1.54, 1.807) is 0 Å². The monoisotopic (exact) mass is 316 g/mol. The highest BCUT2D eigenvalue weighted by Gasteiger charge is 2.19. The van der Waals surface area contributed by atoms with Gasteiger partial charge in [-0.2, -0.15) is 0 Å². The van der Waals surface area contributed by atoms with E-state index in [1.165, 1.54) is 68.9 Å². The summed E-state index contributed by atoms with van der Waals surface area (Å²) in [4.78, 5) is 0. The zero-order valence-corrected chi connectivity index (χ0v) is 15.7. The molecule has 1 rings (SSSR count). The summed E-state index contributed by atoms with van der Waals surface area (Å²) in [6.45, 7) is 7.70. The van der Waals surface area contributed by atoms with Crippen molar-refractivity contribution in [1.29, 1.82) is 0 Å². The van der Waals surface area contributed by atoms with Crippen LogP contribution in [0.2, 0.25) is 0 Å². The maximum atomic E-state index is 5.52. The van der Waals surface area contributed by atoms with E-state index >= 15 is 0 Å². The average Bonchev–Trinajstić information content (AvgIpc) is 2.55. The largest absolute Gasteiger partial charge is 0.330 e. The first-order chi connectivity index (χ1) is 11.1. The minimum atomic E-state index is 0.265. The molecule has 0 fully saturated rings. The van der Waals surface area contributed by atoms with Crippen molar-refractivity contribution < 1.29 is 0 Å². The minimum absolute atomic E-state index is 0.265. The molecule has 2 N–H and O–H groups in total. The van der Waals surface area contributed by atoms with Gasteiger partial charge >= 0.3 is 0 Å². The number of hydrogen-bond donors (Lipinski definition) is 1. The molecule has 0 saturated carbocycles. The van der Waals surface area contributed by atoms with Crippen LogP contribution in [0, 0.1) is 6.42 Å². The summed E-state index contributed by atoms with van der Waals surface area (Å²) in [7, 11) is 0. The summed E-state index contributed by atoms with van der Waals surface area (Å²) in [5.41, 5.74) is 8.76. The van der Waals surface area contributed by atoms with Crippen LogP contribution in [0.5, 0.6) is 0 Å². The molecule has 0 amide bonds. The summed E-state index contributed by atoms with van der Waals surface area (Å²) in [6.07, 6.45) is 15.3. The van der Waals surface area contributed by atoms with E-state index in [4.69, 9.17) is 5.73 Å². The van der Waals surface area contributed by atoms with Gasteiger partial charge in [-0.15, -0.1) is 0 Å². The van der Waals surface area contributed by atoms with Gasteiger partial charge in [0.15, 0.2) is 0 Å². The Bertz CT molecular complexity index is 391. The lowest BCUT2D eigenvalue weighted by Crippen LogP contribution is -2.17. The first-order valence-electron chi connectivity index (χ1n) is 9.71. The second kappa shape index (κ2) is 11.7. The number of rotatable bonds is 13. The van der Waals surface area contributed by atoms with Gasteiger partial charge in [0.05, 0.1) is 0 Å². The molecular formula is C22H38N. The Morgan fingerprint density at radius 1 is 0.913 bits per heavy atom. The molecule has 0 heterocycles. The highest BCUT2D eigenvalue weighted by Crippen LogP contribution is 2.29. The number of nitrogens with two attached hydrogens (primary N) is 1.